The second-order valence-corrected chi connectivity index (χ2v) is 9.43. The first-order chi connectivity index (χ1) is 17.4. The van der Waals surface area contributed by atoms with Crippen molar-refractivity contribution in [1.82, 2.24) is 14.7 Å². The van der Waals surface area contributed by atoms with E-state index in [1.54, 1.807) is 41.3 Å². The first kappa shape index (κ1) is 25.7. The van der Waals surface area contributed by atoms with Crippen molar-refractivity contribution >= 4 is 29.2 Å². The maximum Gasteiger partial charge on any atom is 0.321 e. The van der Waals surface area contributed by atoms with Gasteiger partial charge in [0.2, 0.25) is 0 Å². The van der Waals surface area contributed by atoms with Crippen molar-refractivity contribution in [3.8, 4) is 0 Å². The maximum atomic E-state index is 13.4. The number of carbonyl (C=O) groups is 2. The molecular formula is C28H30ClFN4O2. The number of halogens is 2. The van der Waals surface area contributed by atoms with Gasteiger partial charge >= 0.3 is 6.03 Å². The Balaban J connectivity index is 1.34. The molecule has 0 saturated carbocycles. The van der Waals surface area contributed by atoms with Gasteiger partial charge in [0.25, 0.3) is 5.91 Å². The number of hydrogen-bond acceptors (Lipinski definition) is 3. The zero-order valence-electron chi connectivity index (χ0n) is 20.3. The SMILES string of the molecule is Cc1cccc(NC(=O)N2CCN(CCN(Cc3ccc(F)cc3)C(=O)c3cccc(Cl)c3)CC2)c1. The average Bonchev–Trinajstić information content (AvgIpc) is 2.87. The monoisotopic (exact) mass is 508 g/mol. The molecular weight excluding hydrogens is 479 g/mol. The quantitative estimate of drug-likeness (QED) is 0.472. The minimum atomic E-state index is -0.309. The Kier molecular flexibility index (Phi) is 8.57. The zero-order valence-corrected chi connectivity index (χ0v) is 21.0. The maximum absolute atomic E-state index is 13.4. The van der Waals surface area contributed by atoms with Crippen LogP contribution in [0.5, 0.6) is 0 Å². The lowest BCUT2D eigenvalue weighted by atomic mass is 10.1. The predicted molar refractivity (Wildman–Crippen MR) is 141 cm³/mol. The molecule has 3 amide bonds. The number of rotatable bonds is 7. The van der Waals surface area contributed by atoms with Crippen LogP contribution in [0.3, 0.4) is 0 Å². The molecule has 0 spiro atoms. The van der Waals surface area contributed by atoms with Crippen molar-refractivity contribution in [3.05, 3.63) is 100 Å². The van der Waals surface area contributed by atoms with Crippen molar-refractivity contribution in [2.75, 3.05) is 44.6 Å². The Hall–Kier alpha value is -3.42. The fourth-order valence-corrected chi connectivity index (χ4v) is 4.42. The van der Waals surface area contributed by atoms with Crippen LogP contribution in [-0.2, 0) is 6.54 Å². The third kappa shape index (κ3) is 7.06. The smallest absolute Gasteiger partial charge is 0.321 e. The largest absolute Gasteiger partial charge is 0.333 e. The predicted octanol–water partition coefficient (Wildman–Crippen LogP) is 5.28. The Morgan fingerprint density at radius 2 is 1.69 bits per heavy atom. The highest BCUT2D eigenvalue weighted by Gasteiger charge is 2.23. The Morgan fingerprint density at radius 1 is 0.972 bits per heavy atom. The van der Waals surface area contributed by atoms with E-state index in [1.807, 2.05) is 36.1 Å². The number of urea groups is 1. The molecule has 3 aromatic carbocycles. The number of amides is 3. The van der Waals surface area contributed by atoms with Crippen LogP contribution in [0.2, 0.25) is 5.02 Å². The van der Waals surface area contributed by atoms with Gasteiger partial charge in [0.15, 0.2) is 0 Å². The van der Waals surface area contributed by atoms with E-state index in [-0.39, 0.29) is 17.8 Å². The Bertz CT molecular complexity index is 1200. The summed E-state index contributed by atoms with van der Waals surface area (Å²) in [5.74, 6) is -0.436. The summed E-state index contributed by atoms with van der Waals surface area (Å²) in [5, 5.41) is 3.47. The number of carbonyl (C=O) groups excluding carboxylic acids is 2. The van der Waals surface area contributed by atoms with Gasteiger partial charge in [0, 0.05) is 62.1 Å². The standard InChI is InChI=1S/C28H30ClFN4O2/c1-21-4-2-7-26(18-21)31-28(36)33-15-12-32(13-16-33)14-17-34(20-22-8-10-25(30)11-9-22)27(35)23-5-3-6-24(29)19-23/h2-11,18-19H,12-17,20H2,1H3,(H,31,36). The number of piperazine rings is 1. The Labute approximate surface area is 216 Å². The van der Waals surface area contributed by atoms with Gasteiger partial charge in [0.05, 0.1) is 0 Å². The van der Waals surface area contributed by atoms with E-state index in [4.69, 9.17) is 11.6 Å². The number of hydrogen-bond donors (Lipinski definition) is 1. The van der Waals surface area contributed by atoms with E-state index in [1.165, 1.54) is 12.1 Å². The minimum absolute atomic E-state index is 0.102. The summed E-state index contributed by atoms with van der Waals surface area (Å²) in [6, 6.07) is 20.7. The van der Waals surface area contributed by atoms with Gasteiger partial charge in [-0.2, -0.15) is 0 Å². The lowest BCUT2D eigenvalue weighted by molar-refractivity contribution is 0.0704. The van der Waals surface area contributed by atoms with Crippen LogP contribution in [0.25, 0.3) is 0 Å². The van der Waals surface area contributed by atoms with Crippen molar-refractivity contribution < 1.29 is 14.0 Å². The number of anilines is 1. The molecule has 6 nitrogen and oxygen atoms in total. The molecule has 36 heavy (non-hydrogen) atoms. The molecule has 1 aliphatic rings. The van der Waals surface area contributed by atoms with Crippen LogP contribution in [0.4, 0.5) is 14.9 Å². The highest BCUT2D eigenvalue weighted by molar-refractivity contribution is 6.30. The third-order valence-corrected chi connectivity index (χ3v) is 6.50. The molecule has 0 unspecified atom stereocenters. The fraction of sp³-hybridized carbons (Fsp3) is 0.286. The van der Waals surface area contributed by atoms with Crippen molar-refractivity contribution in [2.45, 2.75) is 13.5 Å². The summed E-state index contributed by atoms with van der Waals surface area (Å²) in [4.78, 5) is 31.8. The van der Waals surface area contributed by atoms with Gasteiger partial charge < -0.3 is 15.1 Å². The molecule has 0 bridgehead atoms. The molecule has 4 rings (SSSR count). The molecule has 1 N–H and O–H groups in total. The van der Waals surface area contributed by atoms with E-state index in [0.29, 0.717) is 43.3 Å². The van der Waals surface area contributed by atoms with Gasteiger partial charge in [-0.05, 0) is 60.5 Å². The van der Waals surface area contributed by atoms with Crippen LogP contribution >= 0.6 is 11.6 Å². The second kappa shape index (κ2) is 12.0. The highest BCUT2D eigenvalue weighted by atomic mass is 35.5. The van der Waals surface area contributed by atoms with Crippen molar-refractivity contribution in [2.24, 2.45) is 0 Å². The molecule has 1 aliphatic heterocycles. The fourth-order valence-electron chi connectivity index (χ4n) is 4.23. The summed E-state index contributed by atoms with van der Waals surface area (Å²) in [6.07, 6.45) is 0. The molecule has 0 aromatic heterocycles. The lowest BCUT2D eigenvalue weighted by Crippen LogP contribution is -2.51. The molecule has 1 saturated heterocycles. The van der Waals surface area contributed by atoms with Gasteiger partial charge in [0.1, 0.15) is 5.82 Å². The summed E-state index contributed by atoms with van der Waals surface area (Å²) in [7, 11) is 0. The molecule has 1 fully saturated rings. The normalized spacial score (nSPS) is 13.9. The van der Waals surface area contributed by atoms with E-state index < -0.39 is 0 Å². The van der Waals surface area contributed by atoms with E-state index in [2.05, 4.69) is 10.2 Å². The lowest BCUT2D eigenvalue weighted by Gasteiger charge is -2.36. The number of aryl methyl sites for hydroxylation is 1. The van der Waals surface area contributed by atoms with Gasteiger partial charge in [-0.1, -0.05) is 41.9 Å². The summed E-state index contributed by atoms with van der Waals surface area (Å²) < 4.78 is 13.4. The number of benzene rings is 3. The summed E-state index contributed by atoms with van der Waals surface area (Å²) in [6.45, 7) is 6.18. The van der Waals surface area contributed by atoms with Gasteiger partial charge in [-0.25, -0.2) is 9.18 Å². The van der Waals surface area contributed by atoms with Crippen LogP contribution in [-0.4, -0.2) is 65.9 Å². The second-order valence-electron chi connectivity index (χ2n) is 8.99. The summed E-state index contributed by atoms with van der Waals surface area (Å²) in [5.41, 5.74) is 3.25. The molecule has 0 radical (unpaired) electrons. The van der Waals surface area contributed by atoms with Gasteiger partial charge in [-0.3, -0.25) is 9.69 Å². The minimum Gasteiger partial charge on any atom is -0.333 e. The third-order valence-electron chi connectivity index (χ3n) is 6.26. The molecule has 188 valence electrons. The first-order valence-corrected chi connectivity index (χ1v) is 12.4. The topological polar surface area (TPSA) is 55.9 Å². The van der Waals surface area contributed by atoms with Crippen LogP contribution < -0.4 is 5.32 Å². The Morgan fingerprint density at radius 3 is 2.39 bits per heavy atom. The van der Waals surface area contributed by atoms with E-state index in [9.17, 15) is 14.0 Å². The first-order valence-electron chi connectivity index (χ1n) is 12.0. The van der Waals surface area contributed by atoms with Gasteiger partial charge in [-0.15, -0.1) is 0 Å². The zero-order chi connectivity index (χ0) is 25.5. The van der Waals surface area contributed by atoms with E-state index >= 15 is 0 Å². The highest BCUT2D eigenvalue weighted by Crippen LogP contribution is 2.16. The van der Waals surface area contributed by atoms with Crippen LogP contribution in [0.1, 0.15) is 21.5 Å². The number of nitrogens with one attached hydrogen (secondary N) is 1. The van der Waals surface area contributed by atoms with Crippen LogP contribution in [0.15, 0.2) is 72.8 Å². The van der Waals surface area contributed by atoms with Crippen molar-refractivity contribution in [1.29, 1.82) is 0 Å². The molecule has 3 aromatic rings. The van der Waals surface area contributed by atoms with Crippen molar-refractivity contribution in [3.63, 3.8) is 0 Å². The number of nitrogens with zero attached hydrogens (tertiary/aromatic N) is 3. The molecule has 0 aliphatic carbocycles. The van der Waals surface area contributed by atoms with E-state index in [0.717, 1.165) is 29.9 Å². The molecule has 1 heterocycles. The summed E-state index contributed by atoms with van der Waals surface area (Å²) >= 11 is 6.11. The van der Waals surface area contributed by atoms with Crippen LogP contribution in [0, 0.1) is 12.7 Å². The molecule has 8 heteroatoms. The molecule has 0 atom stereocenters. The average molecular weight is 509 g/mol.